The maximum Gasteiger partial charge on any atom is 0.435 e. The van der Waals surface area contributed by atoms with Gasteiger partial charge in [0.1, 0.15) is 0 Å². The maximum atomic E-state index is 12.5. The van der Waals surface area contributed by atoms with Crippen LogP contribution < -0.4 is 0 Å². The van der Waals surface area contributed by atoms with Gasteiger partial charge in [-0.3, -0.25) is 4.68 Å². The van der Waals surface area contributed by atoms with Gasteiger partial charge in [-0.2, -0.15) is 18.3 Å². The van der Waals surface area contributed by atoms with Gasteiger partial charge >= 0.3 is 6.18 Å². The van der Waals surface area contributed by atoms with Crippen LogP contribution in [0.4, 0.5) is 13.2 Å². The molecule has 0 fully saturated rings. The van der Waals surface area contributed by atoms with Crippen molar-refractivity contribution in [2.75, 3.05) is 0 Å². The fourth-order valence-corrected chi connectivity index (χ4v) is 1.86. The van der Waals surface area contributed by atoms with Gasteiger partial charge in [0.05, 0.1) is 5.69 Å². The van der Waals surface area contributed by atoms with Crippen LogP contribution >= 0.6 is 15.9 Å². The Morgan fingerprint density at radius 3 is 2.47 bits per heavy atom. The first-order valence-corrected chi connectivity index (χ1v) is 5.35. The number of hydrogen-bond donors (Lipinski definition) is 0. The monoisotopic (exact) mass is 282 g/mol. The lowest BCUT2D eigenvalue weighted by molar-refractivity contribution is -0.141. The summed E-state index contributed by atoms with van der Waals surface area (Å²) in [5, 5.41) is 3.62. The standard InChI is InChI=1S/C9H10BrF3N2/c1-3-4-7-6(5-10)8(9(11,12)13)14-15(7)2/h3-4H,5H2,1-2H3/b4-3+. The number of hydrogen-bond acceptors (Lipinski definition) is 1. The van der Waals surface area contributed by atoms with Gasteiger partial charge in [-0.25, -0.2) is 0 Å². The van der Waals surface area contributed by atoms with E-state index in [1.54, 1.807) is 19.1 Å². The molecule has 0 aliphatic rings. The van der Waals surface area contributed by atoms with E-state index in [-0.39, 0.29) is 10.9 Å². The quantitative estimate of drug-likeness (QED) is 0.761. The van der Waals surface area contributed by atoms with E-state index in [4.69, 9.17) is 0 Å². The average molecular weight is 283 g/mol. The lowest BCUT2D eigenvalue weighted by atomic mass is 10.2. The van der Waals surface area contributed by atoms with E-state index in [2.05, 4.69) is 21.0 Å². The fraction of sp³-hybridized carbons (Fsp3) is 0.444. The van der Waals surface area contributed by atoms with E-state index in [0.717, 1.165) is 0 Å². The summed E-state index contributed by atoms with van der Waals surface area (Å²) in [4.78, 5) is 0. The molecule has 0 bridgehead atoms. The van der Waals surface area contributed by atoms with Crippen LogP contribution in [0.25, 0.3) is 6.08 Å². The molecule has 84 valence electrons. The Balaban J connectivity index is 3.37. The fourth-order valence-electron chi connectivity index (χ4n) is 1.31. The molecule has 0 amide bonds. The van der Waals surface area contributed by atoms with Crippen molar-refractivity contribution in [2.24, 2.45) is 7.05 Å². The first-order valence-electron chi connectivity index (χ1n) is 4.23. The Kier molecular flexibility index (Phi) is 3.59. The third-order valence-corrected chi connectivity index (χ3v) is 2.48. The summed E-state index contributed by atoms with van der Waals surface area (Å²) in [6, 6.07) is 0. The Hall–Kier alpha value is -0.780. The van der Waals surface area contributed by atoms with Crippen LogP contribution in [0.2, 0.25) is 0 Å². The summed E-state index contributed by atoms with van der Waals surface area (Å²) in [6.45, 7) is 1.75. The molecule has 0 spiro atoms. The number of aryl methyl sites for hydroxylation is 1. The highest BCUT2D eigenvalue weighted by atomic mass is 79.9. The predicted octanol–water partition coefficient (Wildman–Crippen LogP) is 3.37. The molecular weight excluding hydrogens is 273 g/mol. The second kappa shape index (κ2) is 4.38. The maximum absolute atomic E-state index is 12.5. The van der Waals surface area contributed by atoms with Crippen molar-refractivity contribution in [1.29, 1.82) is 0 Å². The lowest BCUT2D eigenvalue weighted by Crippen LogP contribution is -2.08. The van der Waals surface area contributed by atoms with Crippen LogP contribution in [0.3, 0.4) is 0 Å². The molecule has 2 nitrogen and oxygen atoms in total. The molecule has 15 heavy (non-hydrogen) atoms. The van der Waals surface area contributed by atoms with Crippen molar-refractivity contribution in [3.8, 4) is 0 Å². The zero-order chi connectivity index (χ0) is 11.6. The van der Waals surface area contributed by atoms with Gasteiger partial charge in [0.15, 0.2) is 5.69 Å². The van der Waals surface area contributed by atoms with Gasteiger partial charge in [-0.05, 0) is 13.0 Å². The number of aromatic nitrogens is 2. The molecule has 0 saturated heterocycles. The molecule has 0 aromatic carbocycles. The summed E-state index contributed by atoms with van der Waals surface area (Å²) < 4.78 is 38.9. The molecule has 1 aromatic rings. The summed E-state index contributed by atoms with van der Waals surface area (Å²) in [5.41, 5.74) is -0.181. The summed E-state index contributed by atoms with van der Waals surface area (Å²) in [5.74, 6) is 0. The first kappa shape index (κ1) is 12.3. The summed E-state index contributed by atoms with van der Waals surface area (Å²) in [7, 11) is 1.50. The highest BCUT2D eigenvalue weighted by Gasteiger charge is 2.37. The Labute approximate surface area is 93.9 Å². The van der Waals surface area contributed by atoms with Crippen LogP contribution in [0.15, 0.2) is 6.08 Å². The lowest BCUT2D eigenvalue weighted by Gasteiger charge is -2.03. The second-order valence-electron chi connectivity index (χ2n) is 2.97. The molecule has 0 aliphatic heterocycles. The molecule has 1 rings (SSSR count). The van der Waals surface area contributed by atoms with E-state index in [0.29, 0.717) is 5.69 Å². The number of nitrogens with zero attached hydrogens (tertiary/aromatic N) is 2. The minimum absolute atomic E-state index is 0.134. The van der Waals surface area contributed by atoms with Crippen LogP contribution in [0, 0.1) is 0 Å². The minimum Gasteiger partial charge on any atom is -0.268 e. The number of alkyl halides is 4. The SMILES string of the molecule is C/C=C/c1c(CBr)c(C(F)(F)F)nn1C. The average Bonchev–Trinajstić information content (AvgIpc) is 2.44. The predicted molar refractivity (Wildman–Crippen MR) is 55.5 cm³/mol. The minimum atomic E-state index is -4.40. The van der Waals surface area contributed by atoms with Crippen molar-refractivity contribution in [1.82, 2.24) is 9.78 Å². The van der Waals surface area contributed by atoms with Gasteiger partial charge in [-0.15, -0.1) is 0 Å². The largest absolute Gasteiger partial charge is 0.435 e. The van der Waals surface area contributed by atoms with Crippen molar-refractivity contribution < 1.29 is 13.2 Å². The van der Waals surface area contributed by atoms with Crippen LogP contribution in [-0.4, -0.2) is 9.78 Å². The van der Waals surface area contributed by atoms with E-state index in [1.807, 2.05) is 0 Å². The molecule has 0 atom stereocenters. The van der Waals surface area contributed by atoms with Gasteiger partial charge in [0, 0.05) is 17.9 Å². The third kappa shape index (κ3) is 2.42. The molecule has 0 aliphatic carbocycles. The van der Waals surface area contributed by atoms with E-state index < -0.39 is 11.9 Å². The molecule has 0 N–H and O–H groups in total. The van der Waals surface area contributed by atoms with Crippen LogP contribution in [0.1, 0.15) is 23.9 Å². The third-order valence-electron chi connectivity index (χ3n) is 1.92. The summed E-state index contributed by atoms with van der Waals surface area (Å²) in [6.07, 6.45) is -1.11. The molecule has 1 heterocycles. The Bertz CT molecular complexity index is 379. The molecule has 1 aromatic heterocycles. The van der Waals surface area contributed by atoms with E-state index >= 15 is 0 Å². The zero-order valence-electron chi connectivity index (χ0n) is 8.27. The van der Waals surface area contributed by atoms with Crippen molar-refractivity contribution in [3.05, 3.63) is 23.0 Å². The molecule has 6 heteroatoms. The van der Waals surface area contributed by atoms with Crippen molar-refractivity contribution in [2.45, 2.75) is 18.4 Å². The number of rotatable bonds is 2. The smallest absolute Gasteiger partial charge is 0.268 e. The summed E-state index contributed by atoms with van der Waals surface area (Å²) >= 11 is 3.05. The molecule has 0 saturated carbocycles. The normalized spacial score (nSPS) is 12.7. The highest BCUT2D eigenvalue weighted by Crippen LogP contribution is 2.33. The molecule has 0 unspecified atom stereocenters. The van der Waals surface area contributed by atoms with Crippen molar-refractivity contribution >= 4 is 22.0 Å². The van der Waals surface area contributed by atoms with Crippen LogP contribution in [-0.2, 0) is 18.6 Å². The van der Waals surface area contributed by atoms with E-state index in [9.17, 15) is 13.2 Å². The zero-order valence-corrected chi connectivity index (χ0v) is 9.85. The van der Waals surface area contributed by atoms with Gasteiger partial charge in [-0.1, -0.05) is 22.0 Å². The highest BCUT2D eigenvalue weighted by molar-refractivity contribution is 9.08. The first-order chi connectivity index (χ1) is 6.91. The number of halogens is 4. The van der Waals surface area contributed by atoms with E-state index in [1.165, 1.54) is 11.7 Å². The van der Waals surface area contributed by atoms with Crippen molar-refractivity contribution in [3.63, 3.8) is 0 Å². The van der Waals surface area contributed by atoms with Gasteiger partial charge < -0.3 is 0 Å². The molecule has 0 radical (unpaired) electrons. The van der Waals surface area contributed by atoms with Crippen LogP contribution in [0.5, 0.6) is 0 Å². The topological polar surface area (TPSA) is 17.8 Å². The van der Waals surface area contributed by atoms with Gasteiger partial charge in [0.2, 0.25) is 0 Å². The Morgan fingerprint density at radius 2 is 2.07 bits per heavy atom. The van der Waals surface area contributed by atoms with Gasteiger partial charge in [0.25, 0.3) is 0 Å². The second-order valence-corrected chi connectivity index (χ2v) is 3.53. The Morgan fingerprint density at radius 1 is 1.47 bits per heavy atom. The number of allylic oxidation sites excluding steroid dienone is 1. The molecular formula is C9H10BrF3N2.